The van der Waals surface area contributed by atoms with E-state index < -0.39 is 0 Å². The Morgan fingerprint density at radius 2 is 1.96 bits per heavy atom. The smallest absolute Gasteiger partial charge is 0.277 e. The average Bonchev–Trinajstić information content (AvgIpc) is 2.64. The highest BCUT2D eigenvalue weighted by atomic mass is 79.9. The maximum absolute atomic E-state index is 11.9. The third kappa shape index (κ3) is 7.24. The Hall–Kier alpha value is -1.92. The van der Waals surface area contributed by atoms with Crippen molar-refractivity contribution in [2.75, 3.05) is 6.61 Å². The molecule has 0 atom stereocenters. The van der Waals surface area contributed by atoms with Gasteiger partial charge in [0.2, 0.25) is 0 Å². The van der Waals surface area contributed by atoms with Gasteiger partial charge in [0, 0.05) is 10.7 Å². The SMILES string of the molecule is CC(C)=CCC/C(C)=C/C=N\NC(=O)COc1ccc2cc(Br)ccc2c1Br. The van der Waals surface area contributed by atoms with Gasteiger partial charge in [-0.25, -0.2) is 5.43 Å². The van der Waals surface area contributed by atoms with Gasteiger partial charge in [-0.2, -0.15) is 5.10 Å². The van der Waals surface area contributed by atoms with Crippen molar-refractivity contribution in [3.8, 4) is 5.75 Å². The lowest BCUT2D eigenvalue weighted by atomic mass is 10.1. The summed E-state index contributed by atoms with van der Waals surface area (Å²) in [6.45, 7) is 6.12. The molecule has 0 fully saturated rings. The molecule has 0 aliphatic rings. The first kappa shape index (κ1) is 22.4. The van der Waals surface area contributed by atoms with Crippen LogP contribution in [0.5, 0.6) is 5.75 Å². The van der Waals surface area contributed by atoms with Gasteiger partial charge in [-0.1, -0.05) is 45.3 Å². The van der Waals surface area contributed by atoms with Gasteiger partial charge in [0.25, 0.3) is 5.91 Å². The van der Waals surface area contributed by atoms with Gasteiger partial charge in [0.05, 0.1) is 4.47 Å². The van der Waals surface area contributed by atoms with E-state index in [1.165, 1.54) is 11.1 Å². The quantitative estimate of drug-likeness (QED) is 0.250. The molecule has 0 aliphatic carbocycles. The molecule has 148 valence electrons. The molecule has 0 aliphatic heterocycles. The van der Waals surface area contributed by atoms with E-state index in [0.717, 1.165) is 32.6 Å². The minimum absolute atomic E-state index is 0.110. The second-order valence-electron chi connectivity index (χ2n) is 6.68. The fourth-order valence-corrected chi connectivity index (χ4v) is 3.46. The molecule has 2 rings (SSSR count). The molecule has 0 spiro atoms. The van der Waals surface area contributed by atoms with Crippen molar-refractivity contribution in [1.82, 2.24) is 5.43 Å². The van der Waals surface area contributed by atoms with Crippen LogP contribution < -0.4 is 10.2 Å². The first-order valence-corrected chi connectivity index (χ1v) is 10.6. The Labute approximate surface area is 183 Å². The van der Waals surface area contributed by atoms with Gasteiger partial charge in [-0.05, 0) is 84.6 Å². The van der Waals surface area contributed by atoms with Gasteiger partial charge in [-0.3, -0.25) is 4.79 Å². The number of nitrogens with one attached hydrogen (secondary N) is 1. The van der Waals surface area contributed by atoms with Crippen molar-refractivity contribution in [2.45, 2.75) is 33.6 Å². The van der Waals surface area contributed by atoms with E-state index in [1.54, 1.807) is 6.21 Å². The van der Waals surface area contributed by atoms with E-state index in [9.17, 15) is 4.79 Å². The second-order valence-corrected chi connectivity index (χ2v) is 8.39. The van der Waals surface area contributed by atoms with Gasteiger partial charge in [0.15, 0.2) is 6.61 Å². The minimum Gasteiger partial charge on any atom is -0.483 e. The minimum atomic E-state index is -0.311. The molecule has 0 saturated carbocycles. The molecule has 6 heteroatoms. The Morgan fingerprint density at radius 1 is 1.18 bits per heavy atom. The third-order valence-electron chi connectivity index (χ3n) is 3.95. The number of carbonyl (C=O) groups is 1. The van der Waals surface area contributed by atoms with Crippen LogP contribution in [0, 0.1) is 0 Å². The predicted octanol–water partition coefficient (Wildman–Crippen LogP) is 6.54. The van der Waals surface area contributed by atoms with E-state index in [1.807, 2.05) is 43.3 Å². The van der Waals surface area contributed by atoms with E-state index >= 15 is 0 Å². The van der Waals surface area contributed by atoms with E-state index in [-0.39, 0.29) is 12.5 Å². The number of benzene rings is 2. The molecule has 0 heterocycles. The highest BCUT2D eigenvalue weighted by Gasteiger charge is 2.08. The number of fused-ring (bicyclic) bond motifs is 1. The molecule has 0 radical (unpaired) electrons. The summed E-state index contributed by atoms with van der Waals surface area (Å²) in [5.74, 6) is 0.304. The maximum atomic E-state index is 11.9. The first-order chi connectivity index (χ1) is 13.4. The van der Waals surface area contributed by atoms with Crippen molar-refractivity contribution < 1.29 is 9.53 Å². The molecule has 0 aromatic heterocycles. The highest BCUT2D eigenvalue weighted by Crippen LogP contribution is 2.34. The number of hydrogen-bond donors (Lipinski definition) is 1. The summed E-state index contributed by atoms with van der Waals surface area (Å²) in [5.41, 5.74) is 5.00. The van der Waals surface area contributed by atoms with Crippen molar-refractivity contribution in [2.24, 2.45) is 5.10 Å². The molecular weight excluding hydrogens is 484 g/mol. The largest absolute Gasteiger partial charge is 0.483 e. The summed E-state index contributed by atoms with van der Waals surface area (Å²) >= 11 is 7.01. The molecule has 4 nitrogen and oxygen atoms in total. The monoisotopic (exact) mass is 506 g/mol. The Balaban J connectivity index is 1.84. The normalized spacial score (nSPS) is 11.7. The lowest BCUT2D eigenvalue weighted by Gasteiger charge is -2.10. The molecule has 0 saturated heterocycles. The summed E-state index contributed by atoms with van der Waals surface area (Å²) in [5, 5.41) is 6.03. The molecule has 0 bridgehead atoms. The van der Waals surface area contributed by atoms with E-state index in [0.29, 0.717) is 5.75 Å². The molecule has 0 unspecified atom stereocenters. The first-order valence-electron chi connectivity index (χ1n) is 8.98. The number of hydrazone groups is 1. The zero-order valence-electron chi connectivity index (χ0n) is 16.3. The maximum Gasteiger partial charge on any atom is 0.277 e. The van der Waals surface area contributed by atoms with Crippen LogP contribution in [0.4, 0.5) is 0 Å². The average molecular weight is 508 g/mol. The molecule has 28 heavy (non-hydrogen) atoms. The Bertz CT molecular complexity index is 930. The van der Waals surface area contributed by atoms with Gasteiger partial charge >= 0.3 is 0 Å². The summed E-state index contributed by atoms with van der Waals surface area (Å²) in [6.07, 6.45) is 7.69. The predicted molar refractivity (Wildman–Crippen MR) is 124 cm³/mol. The molecular formula is C22H24Br2N2O2. The van der Waals surface area contributed by atoms with Crippen LogP contribution in [-0.4, -0.2) is 18.7 Å². The summed E-state index contributed by atoms with van der Waals surface area (Å²) in [4.78, 5) is 11.9. The zero-order valence-corrected chi connectivity index (χ0v) is 19.4. The number of rotatable bonds is 8. The van der Waals surface area contributed by atoms with Crippen LogP contribution in [0.25, 0.3) is 10.8 Å². The van der Waals surface area contributed by atoms with Crippen molar-refractivity contribution in [3.05, 3.63) is 62.6 Å². The lowest BCUT2D eigenvalue weighted by Crippen LogP contribution is -2.24. The van der Waals surface area contributed by atoms with Crippen LogP contribution >= 0.6 is 31.9 Å². The third-order valence-corrected chi connectivity index (χ3v) is 5.26. The van der Waals surface area contributed by atoms with Crippen LogP contribution in [0.1, 0.15) is 33.6 Å². The molecule has 1 N–H and O–H groups in total. The fraction of sp³-hybridized carbons (Fsp3) is 0.273. The number of amides is 1. The molecule has 2 aromatic rings. The van der Waals surface area contributed by atoms with E-state index in [4.69, 9.17) is 4.74 Å². The molecule has 1 amide bonds. The van der Waals surface area contributed by atoms with E-state index in [2.05, 4.69) is 62.3 Å². The number of carbonyl (C=O) groups excluding carboxylic acids is 1. The second kappa shape index (κ2) is 11.2. The number of allylic oxidation sites excluding steroid dienone is 4. The standard InChI is InChI=1S/C22H24Br2N2O2/c1-15(2)5-4-6-16(3)11-12-25-26-21(27)14-28-20-10-7-17-13-18(23)8-9-19(17)22(20)24/h5,7-13H,4,6,14H2,1-3H3,(H,26,27)/b16-11+,25-12-. The number of nitrogens with zero attached hydrogens (tertiary/aromatic N) is 1. The van der Waals surface area contributed by atoms with Gasteiger partial charge < -0.3 is 4.74 Å². The van der Waals surface area contributed by atoms with Gasteiger partial charge in [-0.15, -0.1) is 0 Å². The van der Waals surface area contributed by atoms with Crippen molar-refractivity contribution in [1.29, 1.82) is 0 Å². The Morgan fingerprint density at radius 3 is 2.71 bits per heavy atom. The van der Waals surface area contributed by atoms with Crippen LogP contribution in [0.2, 0.25) is 0 Å². The van der Waals surface area contributed by atoms with Crippen molar-refractivity contribution >= 4 is 54.8 Å². The molecule has 2 aromatic carbocycles. The fourth-order valence-electron chi connectivity index (χ4n) is 2.48. The lowest BCUT2D eigenvalue weighted by molar-refractivity contribution is -0.123. The number of halogens is 2. The highest BCUT2D eigenvalue weighted by molar-refractivity contribution is 9.11. The summed E-state index contributed by atoms with van der Waals surface area (Å²) in [7, 11) is 0. The topological polar surface area (TPSA) is 50.7 Å². The van der Waals surface area contributed by atoms with Crippen LogP contribution in [0.3, 0.4) is 0 Å². The van der Waals surface area contributed by atoms with Gasteiger partial charge in [0.1, 0.15) is 5.75 Å². The Kier molecular flexibility index (Phi) is 8.93. The zero-order chi connectivity index (χ0) is 20.5. The summed E-state index contributed by atoms with van der Waals surface area (Å²) < 4.78 is 7.46. The van der Waals surface area contributed by atoms with Crippen LogP contribution in [-0.2, 0) is 4.79 Å². The number of hydrogen-bond acceptors (Lipinski definition) is 3. The van der Waals surface area contributed by atoms with Crippen molar-refractivity contribution in [3.63, 3.8) is 0 Å². The number of ether oxygens (including phenoxy) is 1. The summed E-state index contributed by atoms with van der Waals surface area (Å²) in [6, 6.07) is 9.79. The van der Waals surface area contributed by atoms with Crippen LogP contribution in [0.15, 0.2) is 67.7 Å².